The molecule has 0 spiro atoms. The first-order valence-corrected chi connectivity index (χ1v) is 7.21. The van der Waals surface area contributed by atoms with Crippen molar-refractivity contribution in [2.24, 2.45) is 0 Å². The molecule has 1 aliphatic carbocycles. The second-order valence-corrected chi connectivity index (χ2v) is 5.10. The number of rotatable bonds is 3. The van der Waals surface area contributed by atoms with Gasteiger partial charge in [0.05, 0.1) is 25.4 Å². The molecule has 0 radical (unpaired) electrons. The molecule has 19 heavy (non-hydrogen) atoms. The third-order valence-electron chi connectivity index (χ3n) is 3.95. The lowest BCUT2D eigenvalue weighted by Crippen LogP contribution is -2.53. The fourth-order valence-corrected chi connectivity index (χ4v) is 3.09. The predicted molar refractivity (Wildman–Crippen MR) is 72.5 cm³/mol. The molecule has 1 saturated carbocycles. The van der Waals surface area contributed by atoms with Crippen LogP contribution in [-0.2, 0) is 4.74 Å². The Hall–Kier alpha value is -1.36. The van der Waals surface area contributed by atoms with Gasteiger partial charge in [0, 0.05) is 12.6 Å². The summed E-state index contributed by atoms with van der Waals surface area (Å²) in [6.45, 7) is 4.29. The highest BCUT2D eigenvalue weighted by Gasteiger charge is 2.34. The van der Waals surface area contributed by atoms with Crippen LogP contribution in [0.3, 0.4) is 0 Å². The molecule has 5 nitrogen and oxygen atoms in total. The molecular formula is C14H21N3O2. The number of hydrogen-bond donors (Lipinski definition) is 0. The summed E-state index contributed by atoms with van der Waals surface area (Å²) < 4.78 is 11.4. The van der Waals surface area contributed by atoms with Gasteiger partial charge in [0.2, 0.25) is 5.88 Å². The van der Waals surface area contributed by atoms with Gasteiger partial charge in [-0.2, -0.15) is 0 Å². The Morgan fingerprint density at radius 2 is 2.26 bits per heavy atom. The van der Waals surface area contributed by atoms with E-state index in [9.17, 15) is 0 Å². The molecule has 1 aromatic heterocycles. The molecule has 2 heterocycles. The third kappa shape index (κ3) is 2.66. The van der Waals surface area contributed by atoms with Gasteiger partial charge >= 0.3 is 0 Å². The Balaban J connectivity index is 1.81. The van der Waals surface area contributed by atoms with Crippen molar-refractivity contribution in [3.8, 4) is 5.88 Å². The topological polar surface area (TPSA) is 47.5 Å². The fraction of sp³-hybridized carbons (Fsp3) is 0.714. The lowest BCUT2D eigenvalue weighted by Gasteiger charge is -2.44. The molecule has 3 rings (SSSR count). The molecule has 2 aliphatic rings. The van der Waals surface area contributed by atoms with E-state index >= 15 is 0 Å². The normalized spacial score (nSPS) is 26.9. The maximum Gasteiger partial charge on any atom is 0.218 e. The molecular weight excluding hydrogens is 242 g/mol. The van der Waals surface area contributed by atoms with E-state index in [1.165, 1.54) is 25.7 Å². The summed E-state index contributed by atoms with van der Waals surface area (Å²) >= 11 is 0. The van der Waals surface area contributed by atoms with Crippen LogP contribution in [0.2, 0.25) is 0 Å². The van der Waals surface area contributed by atoms with Crippen LogP contribution < -0.4 is 9.64 Å². The molecule has 1 aromatic rings. The van der Waals surface area contributed by atoms with Crippen LogP contribution in [0.25, 0.3) is 0 Å². The molecule has 2 unspecified atom stereocenters. The SMILES string of the molecule is CCOc1cc(N2CCOC3CCCCC32)ncn1. The Morgan fingerprint density at radius 1 is 1.37 bits per heavy atom. The first-order valence-electron chi connectivity index (χ1n) is 7.21. The van der Waals surface area contributed by atoms with Crippen LogP contribution in [0.15, 0.2) is 12.4 Å². The smallest absolute Gasteiger partial charge is 0.218 e. The quantitative estimate of drug-likeness (QED) is 0.835. The van der Waals surface area contributed by atoms with Crippen LogP contribution in [0.1, 0.15) is 32.6 Å². The zero-order valence-electron chi connectivity index (χ0n) is 11.4. The van der Waals surface area contributed by atoms with Crippen molar-refractivity contribution in [1.29, 1.82) is 0 Å². The maximum absolute atomic E-state index is 5.90. The summed E-state index contributed by atoms with van der Waals surface area (Å²) in [5.41, 5.74) is 0. The van der Waals surface area contributed by atoms with Gasteiger partial charge in [-0.15, -0.1) is 0 Å². The average molecular weight is 263 g/mol. The minimum Gasteiger partial charge on any atom is -0.478 e. The number of aromatic nitrogens is 2. The number of ether oxygens (including phenoxy) is 2. The summed E-state index contributed by atoms with van der Waals surface area (Å²) in [4.78, 5) is 10.9. The van der Waals surface area contributed by atoms with E-state index in [1.54, 1.807) is 6.33 Å². The minimum absolute atomic E-state index is 0.369. The van der Waals surface area contributed by atoms with Crippen molar-refractivity contribution in [2.75, 3.05) is 24.7 Å². The number of hydrogen-bond acceptors (Lipinski definition) is 5. The summed E-state index contributed by atoms with van der Waals surface area (Å²) in [6, 6.07) is 2.41. The van der Waals surface area contributed by atoms with Gasteiger partial charge in [-0.1, -0.05) is 12.8 Å². The van der Waals surface area contributed by atoms with Crippen LogP contribution in [0.4, 0.5) is 5.82 Å². The summed E-state index contributed by atoms with van der Waals surface area (Å²) in [7, 11) is 0. The highest BCUT2D eigenvalue weighted by molar-refractivity contribution is 5.43. The van der Waals surface area contributed by atoms with Crippen molar-refractivity contribution in [3.05, 3.63) is 12.4 Å². The number of anilines is 1. The molecule has 0 N–H and O–H groups in total. The van der Waals surface area contributed by atoms with E-state index in [0.717, 1.165) is 19.0 Å². The zero-order valence-corrected chi connectivity index (χ0v) is 11.4. The van der Waals surface area contributed by atoms with E-state index in [-0.39, 0.29) is 0 Å². The second-order valence-electron chi connectivity index (χ2n) is 5.10. The first kappa shape index (κ1) is 12.7. The van der Waals surface area contributed by atoms with Gasteiger partial charge in [0.1, 0.15) is 12.1 Å². The van der Waals surface area contributed by atoms with E-state index in [2.05, 4.69) is 14.9 Å². The van der Waals surface area contributed by atoms with Crippen LogP contribution in [0, 0.1) is 0 Å². The number of fused-ring (bicyclic) bond motifs is 1. The van der Waals surface area contributed by atoms with Crippen LogP contribution >= 0.6 is 0 Å². The molecule has 0 aromatic carbocycles. The largest absolute Gasteiger partial charge is 0.478 e. The first-order chi connectivity index (χ1) is 9.38. The highest BCUT2D eigenvalue weighted by Crippen LogP contribution is 2.31. The maximum atomic E-state index is 5.90. The van der Waals surface area contributed by atoms with Gasteiger partial charge in [0.25, 0.3) is 0 Å². The van der Waals surface area contributed by atoms with E-state index in [0.29, 0.717) is 24.6 Å². The summed E-state index contributed by atoms with van der Waals surface area (Å²) in [5.74, 6) is 1.63. The van der Waals surface area contributed by atoms with Gasteiger partial charge < -0.3 is 14.4 Å². The van der Waals surface area contributed by atoms with Crippen molar-refractivity contribution < 1.29 is 9.47 Å². The monoisotopic (exact) mass is 263 g/mol. The predicted octanol–water partition coefficient (Wildman–Crippen LogP) is 2.02. The van der Waals surface area contributed by atoms with E-state index < -0.39 is 0 Å². The Kier molecular flexibility index (Phi) is 3.82. The van der Waals surface area contributed by atoms with Crippen molar-refractivity contribution in [2.45, 2.75) is 44.8 Å². The standard InChI is InChI=1S/C14H21N3O2/c1-2-18-14-9-13(15-10-16-14)17-7-8-19-12-6-4-3-5-11(12)17/h9-12H,2-8H2,1H3. The highest BCUT2D eigenvalue weighted by atomic mass is 16.5. The van der Waals surface area contributed by atoms with Crippen LogP contribution in [-0.4, -0.2) is 41.9 Å². The van der Waals surface area contributed by atoms with Gasteiger partial charge in [-0.25, -0.2) is 9.97 Å². The van der Waals surface area contributed by atoms with Gasteiger partial charge in [0.15, 0.2) is 0 Å². The van der Waals surface area contributed by atoms with Crippen molar-refractivity contribution >= 4 is 5.82 Å². The van der Waals surface area contributed by atoms with Gasteiger partial charge in [-0.3, -0.25) is 0 Å². The lowest BCUT2D eigenvalue weighted by atomic mass is 9.90. The molecule has 1 saturated heterocycles. The Bertz CT molecular complexity index is 425. The lowest BCUT2D eigenvalue weighted by molar-refractivity contribution is -0.00901. The third-order valence-corrected chi connectivity index (χ3v) is 3.95. The fourth-order valence-electron chi connectivity index (χ4n) is 3.09. The van der Waals surface area contributed by atoms with Crippen molar-refractivity contribution in [1.82, 2.24) is 9.97 Å². The van der Waals surface area contributed by atoms with Crippen LogP contribution in [0.5, 0.6) is 5.88 Å². The van der Waals surface area contributed by atoms with E-state index in [4.69, 9.17) is 9.47 Å². The minimum atomic E-state index is 0.369. The Labute approximate surface area is 113 Å². The summed E-state index contributed by atoms with van der Waals surface area (Å²) in [6.07, 6.45) is 6.89. The molecule has 0 bridgehead atoms. The molecule has 2 atom stereocenters. The van der Waals surface area contributed by atoms with Crippen molar-refractivity contribution in [3.63, 3.8) is 0 Å². The zero-order chi connectivity index (χ0) is 13.1. The number of nitrogens with zero attached hydrogens (tertiary/aromatic N) is 3. The molecule has 104 valence electrons. The van der Waals surface area contributed by atoms with Gasteiger partial charge in [-0.05, 0) is 19.8 Å². The molecule has 2 fully saturated rings. The van der Waals surface area contributed by atoms with E-state index in [1.807, 2.05) is 13.0 Å². The second kappa shape index (κ2) is 5.74. The molecule has 0 amide bonds. The number of morpholine rings is 1. The molecule has 1 aliphatic heterocycles. The molecule has 5 heteroatoms. The Morgan fingerprint density at radius 3 is 3.16 bits per heavy atom. The average Bonchev–Trinajstić information content (AvgIpc) is 2.47. The summed E-state index contributed by atoms with van der Waals surface area (Å²) in [5, 5.41) is 0.